The van der Waals surface area contributed by atoms with Crippen molar-refractivity contribution in [3.8, 4) is 0 Å². The number of allylic oxidation sites excluding steroid dienone is 1. The van der Waals surface area contributed by atoms with Crippen LogP contribution in [0, 0.1) is 0 Å². The van der Waals surface area contributed by atoms with Gasteiger partial charge in [0.25, 0.3) is 0 Å². The first-order valence-electron chi connectivity index (χ1n) is 4.73. The Morgan fingerprint density at radius 1 is 1.42 bits per heavy atom. The fourth-order valence-corrected chi connectivity index (χ4v) is 1.05. The molecular weight excluding hydrogens is 152 g/mol. The topological polar surface area (TPSA) is 21.8 Å². The summed E-state index contributed by atoms with van der Waals surface area (Å²) < 4.78 is 10.4. The lowest BCUT2D eigenvalue weighted by molar-refractivity contribution is 0.113. The average molecular weight is 170 g/mol. The predicted octanol–water partition coefficient (Wildman–Crippen LogP) is 2.15. The predicted molar refractivity (Wildman–Crippen MR) is 49.2 cm³/mol. The molecule has 1 fully saturated rings. The molecule has 70 valence electrons. The number of unbranched alkanes of at least 4 members (excludes halogenated alkanes) is 3. The minimum absolute atomic E-state index is 0.415. The van der Waals surface area contributed by atoms with E-state index in [9.17, 15) is 0 Å². The van der Waals surface area contributed by atoms with E-state index in [-0.39, 0.29) is 0 Å². The zero-order valence-corrected chi connectivity index (χ0v) is 7.63. The number of rotatable bonds is 8. The Kier molecular flexibility index (Phi) is 5.04. The molecule has 0 radical (unpaired) electrons. The van der Waals surface area contributed by atoms with Gasteiger partial charge in [0, 0.05) is 6.61 Å². The third-order valence-corrected chi connectivity index (χ3v) is 1.90. The van der Waals surface area contributed by atoms with E-state index in [1.54, 1.807) is 0 Å². The molecule has 1 aliphatic heterocycles. The fraction of sp³-hybridized carbons (Fsp3) is 0.800. The smallest absolute Gasteiger partial charge is 0.104 e. The first-order chi connectivity index (χ1) is 5.93. The normalized spacial score (nSPS) is 20.8. The Hall–Kier alpha value is -0.340. The van der Waals surface area contributed by atoms with Gasteiger partial charge >= 0.3 is 0 Å². The quantitative estimate of drug-likeness (QED) is 0.316. The van der Waals surface area contributed by atoms with Crippen molar-refractivity contribution < 1.29 is 9.47 Å². The molecule has 1 rings (SSSR count). The van der Waals surface area contributed by atoms with Gasteiger partial charge < -0.3 is 9.47 Å². The number of epoxide rings is 1. The first kappa shape index (κ1) is 9.75. The van der Waals surface area contributed by atoms with E-state index in [0.717, 1.165) is 26.2 Å². The maximum absolute atomic E-state index is 5.39. The molecule has 0 amide bonds. The van der Waals surface area contributed by atoms with E-state index < -0.39 is 0 Å². The van der Waals surface area contributed by atoms with Crippen molar-refractivity contribution in [3.05, 3.63) is 12.7 Å². The van der Waals surface area contributed by atoms with Crippen molar-refractivity contribution in [2.24, 2.45) is 0 Å². The molecule has 1 saturated heterocycles. The summed E-state index contributed by atoms with van der Waals surface area (Å²) in [6.07, 6.45) is 7.17. The van der Waals surface area contributed by atoms with Gasteiger partial charge in [0.15, 0.2) is 0 Å². The molecule has 0 N–H and O–H groups in total. The van der Waals surface area contributed by atoms with Crippen LogP contribution in [0.4, 0.5) is 0 Å². The summed E-state index contributed by atoms with van der Waals surface area (Å²) in [5.41, 5.74) is 0. The van der Waals surface area contributed by atoms with Crippen molar-refractivity contribution >= 4 is 0 Å². The molecule has 1 atom stereocenters. The van der Waals surface area contributed by atoms with Crippen LogP contribution in [-0.2, 0) is 9.47 Å². The Morgan fingerprint density at radius 3 is 2.92 bits per heavy atom. The summed E-state index contributed by atoms with van der Waals surface area (Å²) in [4.78, 5) is 0. The van der Waals surface area contributed by atoms with E-state index in [0.29, 0.717) is 6.10 Å². The fourth-order valence-electron chi connectivity index (χ4n) is 1.05. The zero-order valence-electron chi connectivity index (χ0n) is 7.63. The van der Waals surface area contributed by atoms with Gasteiger partial charge in [0.05, 0.1) is 13.2 Å². The maximum atomic E-state index is 5.39. The van der Waals surface area contributed by atoms with E-state index in [1.807, 2.05) is 6.08 Å². The van der Waals surface area contributed by atoms with E-state index in [4.69, 9.17) is 9.47 Å². The zero-order chi connectivity index (χ0) is 8.65. The van der Waals surface area contributed by atoms with Crippen molar-refractivity contribution in [1.29, 1.82) is 0 Å². The minimum Gasteiger partial charge on any atom is -0.379 e. The molecule has 0 aromatic carbocycles. The molecular formula is C10H18O2. The van der Waals surface area contributed by atoms with Crippen molar-refractivity contribution in [1.82, 2.24) is 0 Å². The van der Waals surface area contributed by atoms with Gasteiger partial charge in [-0.3, -0.25) is 0 Å². The molecule has 2 nitrogen and oxygen atoms in total. The second-order valence-corrected chi connectivity index (χ2v) is 3.17. The molecule has 0 aromatic rings. The average Bonchev–Trinajstić information content (AvgIpc) is 2.87. The summed E-state index contributed by atoms with van der Waals surface area (Å²) in [6, 6.07) is 0. The lowest BCUT2D eigenvalue weighted by Gasteiger charge is -2.00. The largest absolute Gasteiger partial charge is 0.379 e. The van der Waals surface area contributed by atoms with Crippen molar-refractivity contribution in [3.63, 3.8) is 0 Å². The van der Waals surface area contributed by atoms with Crippen LogP contribution in [0.5, 0.6) is 0 Å². The minimum atomic E-state index is 0.415. The second-order valence-electron chi connectivity index (χ2n) is 3.17. The Balaban J connectivity index is 1.67. The molecule has 2 heteroatoms. The molecule has 0 aliphatic carbocycles. The molecule has 0 spiro atoms. The Labute approximate surface area is 74.6 Å². The Morgan fingerprint density at radius 2 is 2.25 bits per heavy atom. The summed E-state index contributed by atoms with van der Waals surface area (Å²) in [7, 11) is 0. The molecule has 12 heavy (non-hydrogen) atoms. The highest BCUT2D eigenvalue weighted by molar-refractivity contribution is 4.67. The summed E-state index contributed by atoms with van der Waals surface area (Å²) >= 11 is 0. The molecule has 1 unspecified atom stereocenters. The van der Waals surface area contributed by atoms with Crippen molar-refractivity contribution in [2.45, 2.75) is 31.8 Å². The molecule has 0 bridgehead atoms. The van der Waals surface area contributed by atoms with Gasteiger partial charge in [0.1, 0.15) is 6.10 Å². The monoisotopic (exact) mass is 170 g/mol. The summed E-state index contributed by atoms with van der Waals surface area (Å²) in [6.45, 7) is 6.26. The third-order valence-electron chi connectivity index (χ3n) is 1.90. The van der Waals surface area contributed by atoms with Gasteiger partial charge in [-0.05, 0) is 19.3 Å². The van der Waals surface area contributed by atoms with E-state index >= 15 is 0 Å². The maximum Gasteiger partial charge on any atom is 0.104 e. The van der Waals surface area contributed by atoms with Gasteiger partial charge in [-0.15, -0.1) is 6.58 Å². The lowest BCUT2D eigenvalue weighted by atomic mass is 10.2. The number of hydrogen-bond acceptors (Lipinski definition) is 2. The summed E-state index contributed by atoms with van der Waals surface area (Å²) in [5.74, 6) is 0. The first-order valence-corrected chi connectivity index (χ1v) is 4.73. The third kappa shape index (κ3) is 5.33. The van der Waals surface area contributed by atoms with Crippen LogP contribution < -0.4 is 0 Å². The van der Waals surface area contributed by atoms with Gasteiger partial charge in [0.2, 0.25) is 0 Å². The van der Waals surface area contributed by atoms with Crippen LogP contribution >= 0.6 is 0 Å². The highest BCUT2D eigenvalue weighted by Crippen LogP contribution is 2.09. The van der Waals surface area contributed by atoms with E-state index in [1.165, 1.54) is 19.3 Å². The van der Waals surface area contributed by atoms with Crippen LogP contribution in [0.15, 0.2) is 12.7 Å². The lowest BCUT2D eigenvalue weighted by Crippen LogP contribution is -2.02. The van der Waals surface area contributed by atoms with E-state index in [2.05, 4.69) is 6.58 Å². The van der Waals surface area contributed by atoms with Gasteiger partial charge in [-0.2, -0.15) is 0 Å². The molecule has 0 saturated carbocycles. The highest BCUT2D eigenvalue weighted by Gasteiger charge is 2.21. The van der Waals surface area contributed by atoms with Crippen molar-refractivity contribution in [2.75, 3.05) is 19.8 Å². The molecule has 0 aromatic heterocycles. The summed E-state index contributed by atoms with van der Waals surface area (Å²) in [5, 5.41) is 0. The van der Waals surface area contributed by atoms with Crippen LogP contribution in [0.3, 0.4) is 0 Å². The number of hydrogen-bond donors (Lipinski definition) is 0. The van der Waals surface area contributed by atoms with Gasteiger partial charge in [-0.25, -0.2) is 0 Å². The highest BCUT2D eigenvalue weighted by atomic mass is 16.6. The molecule has 1 heterocycles. The van der Waals surface area contributed by atoms with Crippen LogP contribution in [0.25, 0.3) is 0 Å². The van der Waals surface area contributed by atoms with Crippen LogP contribution in [-0.4, -0.2) is 25.9 Å². The SMILES string of the molecule is C=CCCCCCOCC1CO1. The number of ether oxygens (including phenoxy) is 2. The molecule has 1 aliphatic rings. The van der Waals surface area contributed by atoms with Gasteiger partial charge in [-0.1, -0.05) is 12.5 Å². The van der Waals surface area contributed by atoms with Crippen LogP contribution in [0.1, 0.15) is 25.7 Å². The van der Waals surface area contributed by atoms with Crippen LogP contribution in [0.2, 0.25) is 0 Å². The Bertz CT molecular complexity index is 119. The standard InChI is InChI=1S/C10H18O2/c1-2-3-4-5-6-7-11-8-10-9-12-10/h2,10H,1,3-9H2. The second kappa shape index (κ2) is 6.21.